The summed E-state index contributed by atoms with van der Waals surface area (Å²) in [5.41, 5.74) is 14.4. The average Bonchev–Trinajstić information content (AvgIpc) is 1.55. The zero-order chi connectivity index (χ0) is 76.4. The van der Waals surface area contributed by atoms with Crippen LogP contribution in [0, 0.1) is 17.8 Å². The van der Waals surface area contributed by atoms with Gasteiger partial charge in [-0.2, -0.15) is 67.5 Å². The lowest BCUT2D eigenvalue weighted by atomic mass is 9.94. The number of likely N-dealkylation sites (tertiary alicyclic amines) is 2. The topological polar surface area (TPSA) is 307 Å². The van der Waals surface area contributed by atoms with Crippen LogP contribution in [0.3, 0.4) is 0 Å². The first-order valence-corrected chi connectivity index (χ1v) is 37.8. The Balaban J connectivity index is 0.000000279. The van der Waals surface area contributed by atoms with Crippen molar-refractivity contribution in [2.24, 2.45) is 27.7 Å². The Hall–Kier alpha value is -9.03. The summed E-state index contributed by atoms with van der Waals surface area (Å²) < 4.78 is 13.8. The van der Waals surface area contributed by atoms with Crippen molar-refractivity contribution in [2.45, 2.75) is 161 Å². The van der Waals surface area contributed by atoms with Crippen LogP contribution in [0.5, 0.6) is 0 Å². The van der Waals surface area contributed by atoms with Crippen LogP contribution < -0.4 is 37.4 Å². The Bertz CT molecular complexity index is 5010. The van der Waals surface area contributed by atoms with E-state index in [1.54, 1.807) is 30.9 Å². The largest absolute Gasteiger partial charge is 0.480 e. The third-order valence-corrected chi connectivity index (χ3v) is 21.7. The highest BCUT2D eigenvalue weighted by atomic mass is 32.1. The van der Waals surface area contributed by atoms with Crippen molar-refractivity contribution in [3.8, 4) is 22.3 Å². The van der Waals surface area contributed by atoms with Crippen LogP contribution in [-0.4, -0.2) is 150 Å². The van der Waals surface area contributed by atoms with Gasteiger partial charge in [-0.05, 0) is 203 Å². The second-order valence-corrected chi connectivity index (χ2v) is 30.0. The minimum absolute atomic E-state index is 0. The molecule has 8 N–H and O–H groups in total. The molecule has 4 fully saturated rings. The smallest absolute Gasteiger partial charge is 0.407 e. The SMILES string of the molecule is COC(=O)N[C@H](C(=O)N1CCCCC1c1cc(=O)c2ccc(-c3ccc4cc(C5=CN=C([C@@H]6CCCN6C(=O)[C@@H](NC(=O)OC)C(C)C)C5)ccc4c3)cc2[nH]1)C(C)C.COC(=O)N[C@H](C(=O)O)C(C)C.O=c1cc(C2CCCCN2)[nH]c2cc(-c3ccc4cc(C5=CN=C([C@@H]6CCCN6)C5)ccc4c3)ccc12.S.S.S.S.S. The van der Waals surface area contributed by atoms with E-state index in [9.17, 15) is 38.4 Å². The number of hydrogen-bond donors (Lipinski definition) is 8. The molecule has 113 heavy (non-hydrogen) atoms. The zero-order valence-electron chi connectivity index (χ0n) is 65.5. The molecule has 8 aromatic rings. The number of amides is 5. The third-order valence-electron chi connectivity index (χ3n) is 21.7. The molecular weight excluding hydrogens is 1530 g/mol. The summed E-state index contributed by atoms with van der Waals surface area (Å²) in [7, 11) is 3.76. The number of hydrogen-bond acceptors (Lipinski definition) is 15. The van der Waals surface area contributed by atoms with Crippen molar-refractivity contribution >= 4 is 169 Å². The van der Waals surface area contributed by atoms with Gasteiger partial charge in [-0.25, -0.2) is 19.2 Å². The molecule has 0 bridgehead atoms. The highest BCUT2D eigenvalue weighted by Crippen LogP contribution is 2.37. The lowest BCUT2D eigenvalue weighted by Gasteiger charge is -2.38. The molecule has 0 aliphatic carbocycles. The number of aromatic amines is 2. The van der Waals surface area contributed by atoms with Gasteiger partial charge in [0.2, 0.25) is 11.8 Å². The number of fused-ring (bicyclic) bond motifs is 4. The second kappa shape index (κ2) is 41.3. The summed E-state index contributed by atoms with van der Waals surface area (Å²) in [6.07, 6.45) is 13.6. The first-order valence-electron chi connectivity index (χ1n) is 37.8. The standard InChI is InChI=1S/C46H54N6O7.C32H32N4O.C7H13NO4.5H2S/c1-26(2)41(49-45(56)58-5)43(54)51-18-8-7-10-39(51)37-24-40(53)34-17-16-32(22-35(34)48-37)30-13-12-29-21-31(15-14-28(29)20-30)33-23-36(47-25-33)38-11-9-19-52(38)44(55)42(27(3)4)50-46(57)59-6;37-32-18-31(28-4-1-2-12-33-28)36-29-16-24(10-11-26(29)32)22-7-6-21-15-23(9-8-20(21)14-22)25-17-30(35-19-25)27-5-3-13-34-27;1-4(2)5(6(9)10)8-7(11)12-3;;;;;/h12-17,20-22,24-27,38-39,41-42H,7-11,18-19,23H2,1-6H3,(H,48,53)(H,49,56)(H,50,57);6-11,14-16,18-19,27-28,33-34H,1-5,12-13,17H2,(H,36,37);4-5H,1-3H3,(H,8,11)(H,9,10);5*1H2/t38-,39?,41-,42-;27-,28?;5-;;;;;/m000...../s1. The maximum absolute atomic E-state index is 13.9. The van der Waals surface area contributed by atoms with Crippen LogP contribution >= 0.6 is 67.5 Å². The number of carbonyl (C=O) groups is 6. The van der Waals surface area contributed by atoms with Gasteiger partial charge in [0.05, 0.1) is 44.4 Å². The third kappa shape index (κ3) is 21.5. The normalized spacial score (nSPS) is 18.5. The molecule has 8 heterocycles. The molecule has 23 nitrogen and oxygen atoms in total. The molecule has 4 saturated heterocycles. The molecule has 606 valence electrons. The van der Waals surface area contributed by atoms with E-state index in [1.807, 2.05) is 63.1 Å². The van der Waals surface area contributed by atoms with Crippen LogP contribution in [0.1, 0.15) is 153 Å². The minimum atomic E-state index is -1.06. The van der Waals surface area contributed by atoms with E-state index in [4.69, 9.17) is 24.6 Å². The van der Waals surface area contributed by atoms with E-state index >= 15 is 0 Å². The first kappa shape index (κ1) is 91.2. The molecule has 6 aliphatic heterocycles. The van der Waals surface area contributed by atoms with E-state index in [0.717, 1.165) is 118 Å². The first-order chi connectivity index (χ1) is 52.1. The van der Waals surface area contributed by atoms with Gasteiger partial charge in [0.1, 0.15) is 18.1 Å². The molecule has 0 saturated carbocycles. The van der Waals surface area contributed by atoms with Gasteiger partial charge in [-0.15, -0.1) is 0 Å². The van der Waals surface area contributed by atoms with Crippen molar-refractivity contribution in [2.75, 3.05) is 47.5 Å². The molecule has 0 radical (unpaired) electrons. The average molecular weight is 1640 g/mol. The molecule has 7 atom stereocenters. The number of rotatable bonds is 17. The van der Waals surface area contributed by atoms with Crippen LogP contribution in [-0.2, 0) is 28.6 Å². The summed E-state index contributed by atoms with van der Waals surface area (Å²) in [6, 6.07) is 39.3. The highest BCUT2D eigenvalue weighted by Gasteiger charge is 2.40. The highest BCUT2D eigenvalue weighted by molar-refractivity contribution is 7.60. The number of carboxylic acids is 1. The molecule has 5 amide bonds. The number of benzene rings is 6. The van der Waals surface area contributed by atoms with Crippen LogP contribution in [0.25, 0.3) is 76.8 Å². The fourth-order valence-electron chi connectivity index (χ4n) is 15.6. The van der Waals surface area contributed by atoms with Gasteiger partial charge in [-0.1, -0.05) is 109 Å². The maximum atomic E-state index is 13.9. The van der Waals surface area contributed by atoms with E-state index in [0.29, 0.717) is 48.6 Å². The quantitative estimate of drug-likeness (QED) is 0.0393. The number of piperidine rings is 2. The van der Waals surface area contributed by atoms with E-state index < -0.39 is 42.4 Å². The van der Waals surface area contributed by atoms with Gasteiger partial charge in [-0.3, -0.25) is 29.2 Å². The Morgan fingerprint density at radius 3 is 1.29 bits per heavy atom. The second-order valence-electron chi connectivity index (χ2n) is 30.0. The van der Waals surface area contributed by atoms with Crippen molar-refractivity contribution < 1.29 is 48.1 Å². The lowest BCUT2D eigenvalue weighted by Crippen LogP contribution is -2.53. The van der Waals surface area contributed by atoms with Gasteiger partial charge < -0.3 is 65.7 Å². The Kier molecular flexibility index (Phi) is 33.3. The summed E-state index contributed by atoms with van der Waals surface area (Å²) in [6.45, 7) is 14.2. The molecule has 2 aromatic heterocycles. The minimum Gasteiger partial charge on any atom is -0.480 e. The number of aliphatic carboxylic acids is 1. The van der Waals surface area contributed by atoms with E-state index in [1.165, 1.54) is 74.6 Å². The Labute approximate surface area is 694 Å². The van der Waals surface area contributed by atoms with Crippen LogP contribution in [0.2, 0.25) is 0 Å². The Morgan fingerprint density at radius 2 is 0.823 bits per heavy atom. The van der Waals surface area contributed by atoms with Gasteiger partial charge in [0.15, 0.2) is 10.9 Å². The predicted octanol–water partition coefficient (Wildman–Crippen LogP) is 14.5. The van der Waals surface area contributed by atoms with Gasteiger partial charge in [0, 0.05) is 96.1 Å². The molecule has 28 heteroatoms. The number of aromatic nitrogens is 2. The van der Waals surface area contributed by atoms with Crippen LogP contribution in [0.4, 0.5) is 14.4 Å². The summed E-state index contributed by atoms with van der Waals surface area (Å²) in [5.74, 6) is -1.79. The van der Waals surface area contributed by atoms with Crippen molar-refractivity contribution in [1.82, 2.24) is 46.4 Å². The van der Waals surface area contributed by atoms with Crippen molar-refractivity contribution in [1.29, 1.82) is 0 Å². The molecule has 14 rings (SSSR count). The Morgan fingerprint density at radius 1 is 0.434 bits per heavy atom. The summed E-state index contributed by atoms with van der Waals surface area (Å²) >= 11 is 0. The van der Waals surface area contributed by atoms with Crippen molar-refractivity contribution in [3.05, 3.63) is 177 Å². The number of alkyl carbamates (subject to hydrolysis) is 3. The summed E-state index contributed by atoms with van der Waals surface area (Å²) in [4.78, 5) is 119. The van der Waals surface area contributed by atoms with E-state index in [2.05, 4.69) is 132 Å². The zero-order valence-corrected chi connectivity index (χ0v) is 70.5. The van der Waals surface area contributed by atoms with Crippen molar-refractivity contribution in [3.63, 3.8) is 0 Å². The number of carboxylic acid groups (broad SMARTS) is 1. The van der Waals surface area contributed by atoms with Gasteiger partial charge in [0.25, 0.3) is 0 Å². The molecule has 2 unspecified atom stereocenters. The number of carbonyl (C=O) groups excluding carboxylic acids is 5. The predicted molar refractivity (Wildman–Crippen MR) is 476 cm³/mol. The van der Waals surface area contributed by atoms with Crippen LogP contribution in [0.15, 0.2) is 153 Å². The number of allylic oxidation sites excluding steroid dienone is 2. The number of aliphatic imine (C=N–C) groups is 2. The fourth-order valence-corrected chi connectivity index (χ4v) is 15.6. The maximum Gasteiger partial charge on any atom is 0.407 e. The molecule has 6 aliphatic rings. The molecule has 0 spiro atoms. The van der Waals surface area contributed by atoms with E-state index in [-0.39, 0.29) is 126 Å². The molecular formula is C85H109N11O12S5. The van der Waals surface area contributed by atoms with Gasteiger partial charge >= 0.3 is 24.2 Å². The monoisotopic (exact) mass is 1640 g/mol. The number of pyridine rings is 2. The number of methoxy groups -OCH3 is 3. The fraction of sp³-hybridized carbons (Fsp3) is 0.412. The number of nitrogens with one attached hydrogen (secondary N) is 7. The number of ether oxygens (including phenoxy) is 3. The molecule has 6 aromatic carbocycles. The number of H-pyrrole nitrogens is 2. The summed E-state index contributed by atoms with van der Waals surface area (Å²) in [5, 5.41) is 29.3. The lowest BCUT2D eigenvalue weighted by molar-refractivity contribution is -0.140. The number of nitrogens with zero attached hydrogens (tertiary/aromatic N) is 4.